The molecule has 13 atom stereocenters. The monoisotopic (exact) mass is 1100 g/mol. The van der Waals surface area contributed by atoms with E-state index >= 15 is 0 Å². The number of amides is 1. The van der Waals surface area contributed by atoms with E-state index in [1.165, 1.54) is 141 Å². The van der Waals surface area contributed by atoms with E-state index in [4.69, 9.17) is 28.0 Å². The molecule has 0 radical (unpaired) electrons. The van der Waals surface area contributed by atoms with Crippen LogP contribution in [0.1, 0.15) is 239 Å². The molecule has 0 bridgehead atoms. The van der Waals surface area contributed by atoms with E-state index in [1.807, 2.05) is 0 Å². The number of aliphatic hydroxyl groups excluding tert-OH is 7. The third-order valence-electron chi connectivity index (χ3n) is 14.5. The zero-order valence-corrected chi connectivity index (χ0v) is 47.1. The summed E-state index contributed by atoms with van der Waals surface area (Å²) in [6, 6.07) is -1.58. The fourth-order valence-electron chi connectivity index (χ4n) is 9.82. The van der Waals surface area contributed by atoms with E-state index in [0.29, 0.717) is 12.8 Å². The van der Waals surface area contributed by atoms with Crippen molar-refractivity contribution in [3.8, 4) is 0 Å². The average Bonchev–Trinajstić information content (AvgIpc) is 3.38. The highest BCUT2D eigenvalue weighted by atomic mass is 31.2. The van der Waals surface area contributed by atoms with Crippen LogP contribution in [-0.2, 0) is 46.9 Å². The Bertz CT molecular complexity index is 1520. The summed E-state index contributed by atoms with van der Waals surface area (Å²) in [5.74, 6) is -1.93. The molecule has 1 heterocycles. The van der Waals surface area contributed by atoms with Gasteiger partial charge in [-0.25, -0.2) is 4.57 Å². The minimum absolute atomic E-state index is 0.0342. The van der Waals surface area contributed by atoms with Gasteiger partial charge in [-0.1, -0.05) is 206 Å². The Morgan fingerprint density at radius 3 is 1.31 bits per heavy atom. The second-order valence-electron chi connectivity index (χ2n) is 21.2. The lowest BCUT2D eigenvalue weighted by Gasteiger charge is -2.48. The first-order valence-electron chi connectivity index (χ1n) is 29.3. The highest BCUT2D eigenvalue weighted by Gasteiger charge is 2.55. The van der Waals surface area contributed by atoms with Crippen LogP contribution in [0.2, 0.25) is 0 Å². The number of carbonyl (C=O) groups excluding carboxylic acids is 3. The van der Waals surface area contributed by atoms with Gasteiger partial charge in [0.1, 0.15) is 67.6 Å². The van der Waals surface area contributed by atoms with E-state index in [-0.39, 0.29) is 12.8 Å². The van der Waals surface area contributed by atoms with Crippen molar-refractivity contribution < 1.29 is 87.6 Å². The minimum Gasteiger partial charge on any atom is -0.462 e. The van der Waals surface area contributed by atoms with Gasteiger partial charge in [-0.3, -0.25) is 23.4 Å². The third-order valence-corrected chi connectivity index (χ3v) is 15.4. The van der Waals surface area contributed by atoms with Crippen LogP contribution in [-0.4, -0.2) is 152 Å². The fourth-order valence-corrected chi connectivity index (χ4v) is 10.8. The largest absolute Gasteiger partial charge is 0.472 e. The van der Waals surface area contributed by atoms with Crippen LogP contribution in [0.25, 0.3) is 0 Å². The lowest BCUT2D eigenvalue weighted by atomic mass is 9.84. The average molecular weight is 1100 g/mol. The SMILES string of the molecule is CCCCCCCCCCCCCCCCCCCC(=O)O[C@H](COC(=O)CCCCCCCCCCCCCCCCC)COP(=O)(O)O[C@@H]1[C@H](O)[C@H](O)[C@@H](O)[C@H](O)[C@H]1O[C@H]1O[C@H](CO)[C@@H](O)[C@H](O)[C@H]1NC(C)=O. The summed E-state index contributed by atoms with van der Waals surface area (Å²) >= 11 is 0. The highest BCUT2D eigenvalue weighted by molar-refractivity contribution is 7.47. The third kappa shape index (κ3) is 30.4. The fraction of sp³-hybridized carbons (Fsp3) is 0.945. The van der Waals surface area contributed by atoms with Crippen molar-refractivity contribution in [2.75, 3.05) is 19.8 Å². The van der Waals surface area contributed by atoms with Crippen LogP contribution in [0, 0.1) is 0 Å². The molecule has 1 unspecified atom stereocenters. The molecule has 0 aromatic heterocycles. The second-order valence-corrected chi connectivity index (χ2v) is 22.6. The normalized spacial score (nSPS) is 26.1. The van der Waals surface area contributed by atoms with Crippen LogP contribution in [0.15, 0.2) is 0 Å². The number of aliphatic hydroxyl groups is 7. The molecule has 2 aliphatic rings. The molecule has 1 saturated heterocycles. The Hall–Kier alpha value is -1.84. The summed E-state index contributed by atoms with van der Waals surface area (Å²) < 4.78 is 46.4. The lowest BCUT2D eigenvalue weighted by molar-refractivity contribution is -0.317. The predicted molar refractivity (Wildman–Crippen MR) is 284 cm³/mol. The minimum atomic E-state index is -5.40. The van der Waals surface area contributed by atoms with Gasteiger partial charge >= 0.3 is 19.8 Å². The molecule has 0 aromatic carbocycles. The number of phosphoric acid groups is 1. The number of ether oxygens (including phenoxy) is 4. The van der Waals surface area contributed by atoms with Crippen molar-refractivity contribution >= 4 is 25.7 Å². The number of esters is 2. The summed E-state index contributed by atoms with van der Waals surface area (Å²) in [6.07, 6.45) is 16.6. The molecule has 20 heteroatoms. The van der Waals surface area contributed by atoms with E-state index < -0.39 is 119 Å². The summed E-state index contributed by atoms with van der Waals surface area (Å²) in [7, 11) is -5.40. The highest BCUT2D eigenvalue weighted by Crippen LogP contribution is 2.48. The maximum atomic E-state index is 13.6. The van der Waals surface area contributed by atoms with Gasteiger partial charge in [0.2, 0.25) is 5.91 Å². The first-order valence-corrected chi connectivity index (χ1v) is 30.8. The van der Waals surface area contributed by atoms with Crippen molar-refractivity contribution in [1.82, 2.24) is 5.32 Å². The Morgan fingerprint density at radius 2 is 0.907 bits per heavy atom. The molecule has 9 N–H and O–H groups in total. The summed E-state index contributed by atoms with van der Waals surface area (Å²) in [6.45, 7) is 3.34. The maximum absolute atomic E-state index is 13.6. The number of phosphoric ester groups is 1. The number of hydrogen-bond acceptors (Lipinski definition) is 17. The Balaban J connectivity index is 1.95. The summed E-state index contributed by atoms with van der Waals surface area (Å²) in [5, 5.41) is 76.4. The van der Waals surface area contributed by atoms with Gasteiger partial charge in [0.25, 0.3) is 0 Å². The van der Waals surface area contributed by atoms with Gasteiger partial charge in [0, 0.05) is 19.8 Å². The van der Waals surface area contributed by atoms with Crippen LogP contribution in [0.4, 0.5) is 0 Å². The molecule has 1 aliphatic carbocycles. The molecule has 0 spiro atoms. The number of unbranched alkanes of at least 4 members (excludes halogenated alkanes) is 30. The molecule has 442 valence electrons. The molecule has 75 heavy (non-hydrogen) atoms. The first kappa shape index (κ1) is 69.3. The number of nitrogens with one attached hydrogen (secondary N) is 1. The molecular formula is C55H104NO18P. The quantitative estimate of drug-likeness (QED) is 0.0158. The standard InChI is InChI=1S/C55H104NO18P/c1-4-6-8-10-12-14-16-18-20-21-23-25-27-29-31-33-35-37-45(60)71-42(39-69-44(59)36-34-32-30-28-26-24-22-19-17-15-13-11-9-7-5-2)40-70-75(67,68)74-54-52(66)50(64)49(63)51(65)53(54)73-55-46(56-41(3)58)48(62)47(61)43(38-57)72-55/h42-43,46-55,57,61-66H,4-40H2,1-3H3,(H,56,58)(H,67,68)/t42-,43-,46-,47-,48-,49-,50-,51+,52-,53-,54-,55-/m1/s1. The second kappa shape index (κ2) is 42.1. The lowest BCUT2D eigenvalue weighted by Crippen LogP contribution is -2.69. The molecular weight excluding hydrogens is 994 g/mol. The van der Waals surface area contributed by atoms with Crippen molar-refractivity contribution in [3.05, 3.63) is 0 Å². The Labute approximate surface area is 449 Å². The topological polar surface area (TPSA) is 298 Å². The summed E-state index contributed by atoms with van der Waals surface area (Å²) in [5.41, 5.74) is 0. The van der Waals surface area contributed by atoms with Crippen molar-refractivity contribution in [2.24, 2.45) is 0 Å². The summed E-state index contributed by atoms with van der Waals surface area (Å²) in [4.78, 5) is 48.9. The molecule has 2 rings (SSSR count). The smallest absolute Gasteiger partial charge is 0.462 e. The van der Waals surface area contributed by atoms with Gasteiger partial charge in [-0.2, -0.15) is 0 Å². The van der Waals surface area contributed by atoms with Crippen molar-refractivity contribution in [1.29, 1.82) is 0 Å². The predicted octanol–water partition coefficient (Wildman–Crippen LogP) is 8.03. The van der Waals surface area contributed by atoms with Crippen LogP contribution < -0.4 is 5.32 Å². The number of carbonyl (C=O) groups is 3. The van der Waals surface area contributed by atoms with Crippen molar-refractivity contribution in [2.45, 2.75) is 312 Å². The van der Waals surface area contributed by atoms with Crippen molar-refractivity contribution in [3.63, 3.8) is 0 Å². The number of hydrogen-bond donors (Lipinski definition) is 9. The molecule has 19 nitrogen and oxygen atoms in total. The van der Waals surface area contributed by atoms with Gasteiger partial charge in [0.05, 0.1) is 13.2 Å². The van der Waals surface area contributed by atoms with Gasteiger partial charge in [0.15, 0.2) is 12.4 Å². The molecule has 1 aliphatic heterocycles. The molecule has 1 saturated carbocycles. The van der Waals surface area contributed by atoms with E-state index in [9.17, 15) is 59.6 Å². The number of rotatable bonds is 46. The van der Waals surface area contributed by atoms with Gasteiger partial charge < -0.3 is 64.9 Å². The molecule has 1 amide bonds. The van der Waals surface area contributed by atoms with Gasteiger partial charge in [-0.15, -0.1) is 0 Å². The zero-order chi connectivity index (χ0) is 55.3. The van der Waals surface area contributed by atoms with E-state index in [1.54, 1.807) is 0 Å². The van der Waals surface area contributed by atoms with E-state index in [2.05, 4.69) is 19.2 Å². The Kier molecular flexibility index (Phi) is 38.9. The molecule has 0 aromatic rings. The van der Waals surface area contributed by atoms with Crippen LogP contribution >= 0.6 is 7.82 Å². The van der Waals surface area contributed by atoms with Crippen LogP contribution in [0.5, 0.6) is 0 Å². The van der Waals surface area contributed by atoms with Gasteiger partial charge in [-0.05, 0) is 12.8 Å². The first-order chi connectivity index (χ1) is 36.1. The maximum Gasteiger partial charge on any atom is 0.472 e. The Morgan fingerprint density at radius 1 is 0.520 bits per heavy atom. The van der Waals surface area contributed by atoms with E-state index in [0.717, 1.165) is 58.3 Å². The zero-order valence-electron chi connectivity index (χ0n) is 46.2. The van der Waals surface area contributed by atoms with Crippen LogP contribution in [0.3, 0.4) is 0 Å². The molecule has 2 fully saturated rings.